The summed E-state index contributed by atoms with van der Waals surface area (Å²) in [5, 5.41) is 7.54. The van der Waals surface area contributed by atoms with Crippen molar-refractivity contribution in [2.45, 2.75) is 38.6 Å². The lowest BCUT2D eigenvalue weighted by molar-refractivity contribution is -0.137. The van der Waals surface area contributed by atoms with Gasteiger partial charge in [0.05, 0.1) is 6.04 Å². The number of nitrogens with zero attached hydrogens (tertiary/aromatic N) is 3. The van der Waals surface area contributed by atoms with Gasteiger partial charge in [-0.1, -0.05) is 36.6 Å². The molecule has 2 aliphatic rings. The molecule has 1 heterocycles. The normalized spacial score (nSPS) is 20.0. The molecule has 0 aromatic heterocycles. The summed E-state index contributed by atoms with van der Waals surface area (Å²) in [6.07, 6.45) is 4.60. The fraction of sp³-hybridized carbons (Fsp3) is 0.636. The Balaban J connectivity index is 1.36. The molecule has 1 aromatic rings. The molecule has 1 amide bonds. The predicted molar refractivity (Wildman–Crippen MR) is 119 cm³/mol. The van der Waals surface area contributed by atoms with E-state index in [1.165, 1.54) is 12.8 Å². The molecular weight excluding hydrogens is 386 g/mol. The third-order valence-corrected chi connectivity index (χ3v) is 6.27. The molecule has 1 aliphatic carbocycles. The van der Waals surface area contributed by atoms with Crippen LogP contribution in [-0.2, 0) is 4.79 Å². The molecular formula is C22H34ClN5O. The zero-order valence-electron chi connectivity index (χ0n) is 17.7. The number of hydrogen-bond acceptors (Lipinski definition) is 3. The van der Waals surface area contributed by atoms with Gasteiger partial charge < -0.3 is 15.5 Å². The lowest BCUT2D eigenvalue weighted by atomic mass is 10.1. The van der Waals surface area contributed by atoms with E-state index in [0.717, 1.165) is 68.7 Å². The first-order chi connectivity index (χ1) is 14.1. The van der Waals surface area contributed by atoms with Crippen LogP contribution >= 0.6 is 11.6 Å². The van der Waals surface area contributed by atoms with E-state index >= 15 is 0 Å². The van der Waals surface area contributed by atoms with E-state index in [9.17, 15) is 4.79 Å². The Morgan fingerprint density at radius 1 is 1.24 bits per heavy atom. The number of amides is 1. The molecule has 7 heteroatoms. The number of piperazine rings is 1. The molecule has 0 spiro atoms. The van der Waals surface area contributed by atoms with Crippen LogP contribution in [0.5, 0.6) is 0 Å². The van der Waals surface area contributed by atoms with E-state index in [1.54, 1.807) is 7.05 Å². The number of aliphatic imine (C=N–C) groups is 1. The van der Waals surface area contributed by atoms with Crippen LogP contribution in [0.25, 0.3) is 0 Å². The van der Waals surface area contributed by atoms with Crippen LogP contribution in [0.15, 0.2) is 29.3 Å². The van der Waals surface area contributed by atoms with E-state index in [0.29, 0.717) is 11.8 Å². The fourth-order valence-corrected chi connectivity index (χ4v) is 4.41. The van der Waals surface area contributed by atoms with Crippen LogP contribution in [0.2, 0.25) is 5.02 Å². The standard InChI is InChI=1S/C22H34ClN5O/c1-17(19-8-5-9-20(23)16-19)26-22(24-2)25-10-11-27-12-14-28(15-13-27)21(29)18-6-3-4-7-18/h5,8-9,16-18H,3-4,6-7,10-15H2,1-2H3,(H2,24,25,26). The Morgan fingerprint density at radius 3 is 2.62 bits per heavy atom. The molecule has 3 rings (SSSR count). The van der Waals surface area contributed by atoms with Crippen molar-refractivity contribution in [3.63, 3.8) is 0 Å². The highest BCUT2D eigenvalue weighted by Gasteiger charge is 2.29. The number of carbonyl (C=O) groups excluding carboxylic acids is 1. The van der Waals surface area contributed by atoms with E-state index in [1.807, 2.05) is 18.2 Å². The minimum absolute atomic E-state index is 0.116. The fourth-order valence-electron chi connectivity index (χ4n) is 4.21. The van der Waals surface area contributed by atoms with Gasteiger partial charge in [0.15, 0.2) is 5.96 Å². The quantitative estimate of drug-likeness (QED) is 0.549. The molecule has 0 radical (unpaired) electrons. The van der Waals surface area contributed by atoms with Crippen molar-refractivity contribution >= 4 is 23.5 Å². The zero-order chi connectivity index (χ0) is 20.6. The van der Waals surface area contributed by atoms with Crippen molar-refractivity contribution in [3.05, 3.63) is 34.9 Å². The van der Waals surface area contributed by atoms with E-state index < -0.39 is 0 Å². The van der Waals surface area contributed by atoms with Crippen molar-refractivity contribution in [1.29, 1.82) is 0 Å². The van der Waals surface area contributed by atoms with Gasteiger partial charge in [-0.05, 0) is 37.5 Å². The SMILES string of the molecule is CN=C(NCCN1CCN(C(=O)C2CCCC2)CC1)NC(C)c1cccc(Cl)c1. The first-order valence-electron chi connectivity index (χ1n) is 10.8. The predicted octanol–water partition coefficient (Wildman–Crippen LogP) is 2.90. The van der Waals surface area contributed by atoms with Crippen molar-refractivity contribution in [2.75, 3.05) is 46.3 Å². The molecule has 2 N–H and O–H groups in total. The van der Waals surface area contributed by atoms with Crippen LogP contribution in [-0.4, -0.2) is 68.0 Å². The van der Waals surface area contributed by atoms with Crippen LogP contribution in [0.1, 0.15) is 44.2 Å². The Hall–Kier alpha value is -1.79. The number of guanidine groups is 1. The van der Waals surface area contributed by atoms with Gasteiger partial charge in [-0.2, -0.15) is 0 Å². The molecule has 1 aromatic carbocycles. The van der Waals surface area contributed by atoms with E-state index in [-0.39, 0.29) is 6.04 Å². The van der Waals surface area contributed by atoms with Gasteiger partial charge >= 0.3 is 0 Å². The Bertz CT molecular complexity index is 696. The van der Waals surface area contributed by atoms with Crippen molar-refractivity contribution < 1.29 is 4.79 Å². The number of rotatable bonds is 6. The summed E-state index contributed by atoms with van der Waals surface area (Å²) in [6.45, 7) is 7.47. The van der Waals surface area contributed by atoms with Crippen LogP contribution < -0.4 is 10.6 Å². The molecule has 1 atom stereocenters. The van der Waals surface area contributed by atoms with Crippen LogP contribution in [0.3, 0.4) is 0 Å². The van der Waals surface area contributed by atoms with Gasteiger partial charge in [-0.15, -0.1) is 0 Å². The van der Waals surface area contributed by atoms with Crippen molar-refractivity contribution in [3.8, 4) is 0 Å². The number of benzene rings is 1. The van der Waals surface area contributed by atoms with Crippen LogP contribution in [0.4, 0.5) is 0 Å². The molecule has 29 heavy (non-hydrogen) atoms. The lowest BCUT2D eigenvalue weighted by Gasteiger charge is -2.36. The van der Waals surface area contributed by atoms with Gasteiger partial charge in [-0.25, -0.2) is 0 Å². The number of hydrogen-bond donors (Lipinski definition) is 2. The minimum Gasteiger partial charge on any atom is -0.355 e. The topological polar surface area (TPSA) is 60.0 Å². The highest BCUT2D eigenvalue weighted by atomic mass is 35.5. The first kappa shape index (κ1) is 21.9. The summed E-state index contributed by atoms with van der Waals surface area (Å²) in [5.74, 6) is 1.46. The molecule has 0 bridgehead atoms. The second-order valence-corrected chi connectivity index (χ2v) is 8.50. The number of nitrogens with one attached hydrogen (secondary N) is 2. The summed E-state index contributed by atoms with van der Waals surface area (Å²) in [4.78, 5) is 21.4. The summed E-state index contributed by atoms with van der Waals surface area (Å²) < 4.78 is 0. The highest BCUT2D eigenvalue weighted by Crippen LogP contribution is 2.26. The first-order valence-corrected chi connectivity index (χ1v) is 11.2. The average molecular weight is 420 g/mol. The second kappa shape index (κ2) is 10.8. The van der Waals surface area contributed by atoms with E-state index in [4.69, 9.17) is 11.6 Å². The van der Waals surface area contributed by atoms with Gasteiger partial charge in [0, 0.05) is 57.3 Å². The smallest absolute Gasteiger partial charge is 0.225 e. The summed E-state index contributed by atoms with van der Waals surface area (Å²) >= 11 is 6.09. The second-order valence-electron chi connectivity index (χ2n) is 8.07. The monoisotopic (exact) mass is 419 g/mol. The summed E-state index contributed by atoms with van der Waals surface area (Å²) in [7, 11) is 1.79. The van der Waals surface area contributed by atoms with Gasteiger partial charge in [-0.3, -0.25) is 14.7 Å². The molecule has 6 nitrogen and oxygen atoms in total. The Labute approximate surface area is 179 Å². The Morgan fingerprint density at radius 2 is 1.97 bits per heavy atom. The molecule has 1 saturated heterocycles. The van der Waals surface area contributed by atoms with Crippen molar-refractivity contribution in [2.24, 2.45) is 10.9 Å². The maximum atomic E-state index is 12.6. The van der Waals surface area contributed by atoms with E-state index in [2.05, 4.69) is 38.4 Å². The molecule has 160 valence electrons. The van der Waals surface area contributed by atoms with Crippen LogP contribution in [0, 0.1) is 5.92 Å². The minimum atomic E-state index is 0.116. The molecule has 1 saturated carbocycles. The molecule has 2 fully saturated rings. The van der Waals surface area contributed by atoms with Gasteiger partial charge in [0.1, 0.15) is 0 Å². The zero-order valence-corrected chi connectivity index (χ0v) is 18.4. The van der Waals surface area contributed by atoms with Gasteiger partial charge in [0.25, 0.3) is 0 Å². The summed E-state index contributed by atoms with van der Waals surface area (Å²) in [5.41, 5.74) is 1.13. The third kappa shape index (κ3) is 6.34. The number of carbonyl (C=O) groups is 1. The molecule has 1 aliphatic heterocycles. The van der Waals surface area contributed by atoms with Crippen molar-refractivity contribution in [1.82, 2.24) is 20.4 Å². The lowest BCUT2D eigenvalue weighted by Crippen LogP contribution is -2.52. The maximum Gasteiger partial charge on any atom is 0.225 e. The molecule has 1 unspecified atom stereocenters. The third-order valence-electron chi connectivity index (χ3n) is 6.03. The Kier molecular flexibility index (Phi) is 8.19. The highest BCUT2D eigenvalue weighted by molar-refractivity contribution is 6.30. The average Bonchev–Trinajstić information content (AvgIpc) is 3.28. The maximum absolute atomic E-state index is 12.6. The number of halogens is 1. The van der Waals surface area contributed by atoms with Gasteiger partial charge in [0.2, 0.25) is 5.91 Å². The summed E-state index contributed by atoms with van der Waals surface area (Å²) in [6, 6.07) is 7.99. The largest absolute Gasteiger partial charge is 0.355 e.